The van der Waals surface area contributed by atoms with Crippen molar-refractivity contribution in [1.82, 2.24) is 20.4 Å². The number of ether oxygens (including phenoxy) is 1. The number of hydrogen-bond acceptors (Lipinski definition) is 5. The van der Waals surface area contributed by atoms with Gasteiger partial charge in [0, 0.05) is 38.8 Å². The highest BCUT2D eigenvalue weighted by molar-refractivity contribution is 4.80. The summed E-state index contributed by atoms with van der Waals surface area (Å²) >= 11 is 0. The van der Waals surface area contributed by atoms with Gasteiger partial charge < -0.3 is 15.4 Å². The molecule has 3 aliphatic rings. The van der Waals surface area contributed by atoms with E-state index in [1.165, 1.54) is 58.3 Å². The van der Waals surface area contributed by atoms with Crippen LogP contribution in [0.15, 0.2) is 0 Å². The predicted molar refractivity (Wildman–Crippen MR) is 85.5 cm³/mol. The fraction of sp³-hybridized carbons (Fsp3) is 1.00. The predicted octanol–water partition coefficient (Wildman–Crippen LogP) is 0.472. The van der Waals surface area contributed by atoms with Crippen LogP contribution in [-0.2, 0) is 4.74 Å². The second-order valence-corrected chi connectivity index (χ2v) is 6.62. The van der Waals surface area contributed by atoms with Crippen molar-refractivity contribution in [3.63, 3.8) is 0 Å². The minimum atomic E-state index is 0.346. The molecule has 3 saturated heterocycles. The van der Waals surface area contributed by atoms with Gasteiger partial charge in [0.05, 0.1) is 6.61 Å². The number of nitrogens with zero attached hydrogens (tertiary/aromatic N) is 2. The van der Waals surface area contributed by atoms with E-state index in [9.17, 15) is 0 Å². The molecule has 21 heavy (non-hydrogen) atoms. The Morgan fingerprint density at radius 1 is 0.714 bits per heavy atom. The quantitative estimate of drug-likeness (QED) is 0.775. The van der Waals surface area contributed by atoms with E-state index in [1.807, 2.05) is 0 Å². The van der Waals surface area contributed by atoms with Crippen LogP contribution in [0.25, 0.3) is 0 Å². The van der Waals surface area contributed by atoms with Gasteiger partial charge in [-0.2, -0.15) is 0 Å². The second-order valence-electron chi connectivity index (χ2n) is 6.62. The molecule has 0 aromatic carbocycles. The van der Waals surface area contributed by atoms with E-state index in [4.69, 9.17) is 4.74 Å². The summed E-state index contributed by atoms with van der Waals surface area (Å²) in [6, 6.07) is 0.771. The van der Waals surface area contributed by atoms with E-state index in [0.29, 0.717) is 6.23 Å². The van der Waals surface area contributed by atoms with Crippen molar-refractivity contribution in [1.29, 1.82) is 0 Å². The summed E-state index contributed by atoms with van der Waals surface area (Å²) in [6.07, 6.45) is 6.74. The molecule has 3 aliphatic heterocycles. The molecule has 0 saturated carbocycles. The van der Waals surface area contributed by atoms with Crippen molar-refractivity contribution in [2.75, 3.05) is 59.0 Å². The molecule has 0 aliphatic carbocycles. The van der Waals surface area contributed by atoms with Gasteiger partial charge in [-0.15, -0.1) is 0 Å². The maximum absolute atomic E-state index is 6.19. The van der Waals surface area contributed by atoms with Crippen LogP contribution in [0.5, 0.6) is 0 Å². The topological polar surface area (TPSA) is 39.8 Å². The molecule has 122 valence electrons. The van der Waals surface area contributed by atoms with Crippen LogP contribution in [0.2, 0.25) is 0 Å². The highest BCUT2D eigenvalue weighted by Gasteiger charge is 2.27. The fourth-order valence-corrected chi connectivity index (χ4v) is 3.95. The lowest BCUT2D eigenvalue weighted by atomic mass is 10.1. The largest absolute Gasteiger partial charge is 0.362 e. The van der Waals surface area contributed by atoms with Crippen molar-refractivity contribution in [2.24, 2.45) is 0 Å². The van der Waals surface area contributed by atoms with Crippen molar-refractivity contribution in [2.45, 2.75) is 44.4 Å². The Morgan fingerprint density at radius 3 is 2.62 bits per heavy atom. The van der Waals surface area contributed by atoms with Crippen molar-refractivity contribution in [3.05, 3.63) is 0 Å². The van der Waals surface area contributed by atoms with E-state index < -0.39 is 0 Å². The highest BCUT2D eigenvalue weighted by Crippen LogP contribution is 2.19. The number of nitrogens with one attached hydrogen (secondary N) is 2. The first-order chi connectivity index (χ1) is 10.4. The summed E-state index contributed by atoms with van der Waals surface area (Å²) < 4.78 is 6.19. The minimum absolute atomic E-state index is 0.346. The molecule has 0 radical (unpaired) electrons. The maximum Gasteiger partial charge on any atom is 0.111 e. The van der Waals surface area contributed by atoms with Gasteiger partial charge in [0.25, 0.3) is 0 Å². The van der Waals surface area contributed by atoms with Crippen molar-refractivity contribution >= 4 is 0 Å². The molecular weight excluding hydrogens is 264 g/mol. The van der Waals surface area contributed by atoms with E-state index in [1.54, 1.807) is 0 Å². The first kappa shape index (κ1) is 15.7. The second kappa shape index (κ2) is 8.44. The average molecular weight is 296 g/mol. The molecule has 0 spiro atoms. The van der Waals surface area contributed by atoms with Gasteiger partial charge in [-0.05, 0) is 51.7 Å². The van der Waals surface area contributed by atoms with Crippen LogP contribution in [0.1, 0.15) is 32.1 Å². The minimum Gasteiger partial charge on any atom is -0.362 e. The molecule has 0 aromatic heterocycles. The lowest BCUT2D eigenvalue weighted by Gasteiger charge is -2.30. The molecule has 5 nitrogen and oxygen atoms in total. The van der Waals surface area contributed by atoms with Crippen LogP contribution >= 0.6 is 0 Å². The Labute approximate surface area is 129 Å². The van der Waals surface area contributed by atoms with Crippen molar-refractivity contribution < 1.29 is 4.74 Å². The molecule has 0 amide bonds. The molecule has 3 heterocycles. The Balaban J connectivity index is 1.50. The van der Waals surface area contributed by atoms with Gasteiger partial charge >= 0.3 is 0 Å². The highest BCUT2D eigenvalue weighted by atomic mass is 16.5. The summed E-state index contributed by atoms with van der Waals surface area (Å²) in [6.45, 7) is 10.2. The Bertz CT molecular complexity index is 258. The zero-order valence-electron chi connectivity index (χ0n) is 13.4. The van der Waals surface area contributed by atoms with E-state index in [0.717, 1.165) is 38.8 Å². The Kier molecular flexibility index (Phi) is 6.30. The molecular formula is C16H32N4O. The summed E-state index contributed by atoms with van der Waals surface area (Å²) in [4.78, 5) is 5.25. The molecule has 0 bridgehead atoms. The molecule has 3 fully saturated rings. The summed E-state index contributed by atoms with van der Waals surface area (Å²) in [5.41, 5.74) is 0. The molecule has 2 atom stereocenters. The third kappa shape index (κ3) is 4.63. The average Bonchev–Trinajstić information content (AvgIpc) is 3.01. The van der Waals surface area contributed by atoms with E-state index >= 15 is 0 Å². The smallest absolute Gasteiger partial charge is 0.111 e. The van der Waals surface area contributed by atoms with E-state index in [2.05, 4.69) is 20.4 Å². The lowest BCUT2D eigenvalue weighted by molar-refractivity contribution is -0.0503. The molecule has 2 unspecified atom stereocenters. The summed E-state index contributed by atoms with van der Waals surface area (Å²) in [5.74, 6) is 0. The number of rotatable bonds is 2. The van der Waals surface area contributed by atoms with E-state index in [-0.39, 0.29) is 0 Å². The van der Waals surface area contributed by atoms with Gasteiger partial charge in [-0.1, -0.05) is 0 Å². The third-order valence-electron chi connectivity index (χ3n) is 5.20. The summed E-state index contributed by atoms with van der Waals surface area (Å²) in [5, 5.41) is 7.01. The fourth-order valence-electron chi connectivity index (χ4n) is 3.95. The zero-order valence-corrected chi connectivity index (χ0v) is 13.4. The molecule has 0 aromatic rings. The Morgan fingerprint density at radius 2 is 1.62 bits per heavy atom. The summed E-state index contributed by atoms with van der Waals surface area (Å²) in [7, 11) is 0. The maximum atomic E-state index is 6.19. The zero-order chi connectivity index (χ0) is 14.3. The SMILES string of the molecule is C1CNCCC(N2CCOC(N3CCCNCC3)CC2)C1. The van der Waals surface area contributed by atoms with Crippen LogP contribution in [0.4, 0.5) is 0 Å². The van der Waals surface area contributed by atoms with Crippen LogP contribution in [-0.4, -0.2) is 81.0 Å². The van der Waals surface area contributed by atoms with Gasteiger partial charge in [0.15, 0.2) is 0 Å². The van der Waals surface area contributed by atoms with Crippen LogP contribution in [0.3, 0.4) is 0 Å². The van der Waals surface area contributed by atoms with Crippen LogP contribution in [0, 0.1) is 0 Å². The van der Waals surface area contributed by atoms with Crippen molar-refractivity contribution in [3.8, 4) is 0 Å². The molecule has 3 rings (SSSR count). The Hall–Kier alpha value is -0.200. The third-order valence-corrected chi connectivity index (χ3v) is 5.20. The van der Waals surface area contributed by atoms with Gasteiger partial charge in [0.2, 0.25) is 0 Å². The molecule has 2 N–H and O–H groups in total. The first-order valence-electron chi connectivity index (χ1n) is 8.94. The number of hydrogen-bond donors (Lipinski definition) is 2. The van der Waals surface area contributed by atoms with Gasteiger partial charge in [-0.25, -0.2) is 0 Å². The van der Waals surface area contributed by atoms with Gasteiger partial charge in [0.1, 0.15) is 6.23 Å². The normalized spacial score (nSPS) is 34.9. The molecule has 5 heteroatoms. The van der Waals surface area contributed by atoms with Crippen LogP contribution < -0.4 is 10.6 Å². The first-order valence-corrected chi connectivity index (χ1v) is 8.94. The van der Waals surface area contributed by atoms with Gasteiger partial charge in [-0.3, -0.25) is 9.80 Å². The lowest BCUT2D eigenvalue weighted by Crippen LogP contribution is -2.40. The standard InChI is InChI=1S/C16H32N4O/c1-3-15(4-8-17-6-1)19-11-5-16(21-14-13-19)20-10-2-7-18-9-12-20/h15-18H,1-14H2. The monoisotopic (exact) mass is 296 g/mol.